The van der Waals surface area contributed by atoms with Gasteiger partial charge in [0.05, 0.1) is 6.61 Å². The quantitative estimate of drug-likeness (QED) is 0.900. The molecule has 0 radical (unpaired) electrons. The Balaban J connectivity index is 2.07. The molecule has 2 aromatic rings. The van der Waals surface area contributed by atoms with Crippen LogP contribution in [-0.2, 0) is 0 Å². The van der Waals surface area contributed by atoms with Crippen LogP contribution in [0.15, 0.2) is 36.5 Å². The molecular formula is C15H18N4O2. The molecule has 0 unspecified atom stereocenters. The summed E-state index contributed by atoms with van der Waals surface area (Å²) in [5, 5.41) is 11.6. The monoisotopic (exact) mass is 286 g/mol. The van der Waals surface area contributed by atoms with Crippen LogP contribution in [-0.4, -0.2) is 46.2 Å². The summed E-state index contributed by atoms with van der Waals surface area (Å²) >= 11 is 0. The van der Waals surface area contributed by atoms with E-state index in [9.17, 15) is 4.79 Å². The number of aromatic nitrogens is 2. The number of nitrogens with one attached hydrogen (secondary N) is 1. The Morgan fingerprint density at radius 1 is 1.29 bits per heavy atom. The molecule has 0 atom stereocenters. The number of hydrogen-bond acceptors (Lipinski definition) is 4. The van der Waals surface area contributed by atoms with Crippen molar-refractivity contribution in [1.29, 1.82) is 0 Å². The maximum atomic E-state index is 11.8. The molecule has 1 heterocycles. The van der Waals surface area contributed by atoms with Gasteiger partial charge in [0, 0.05) is 36.7 Å². The Bertz CT molecular complexity index is 613. The third kappa shape index (κ3) is 4.00. The molecule has 0 spiro atoms. The average Bonchev–Trinajstić information content (AvgIpc) is 2.48. The van der Waals surface area contributed by atoms with Crippen molar-refractivity contribution in [1.82, 2.24) is 14.9 Å². The number of aliphatic hydroxyl groups excluding tert-OH is 1. The molecule has 6 heteroatoms. The molecule has 0 saturated heterocycles. The Labute approximate surface area is 123 Å². The number of rotatable bonds is 4. The Hall–Kier alpha value is -2.47. The number of benzene rings is 1. The standard InChI is InChI=1S/C15H18N4O2/c1-11-7-8-16-14(17-11)12-3-5-13(6-4-12)18-15(21)19(2)9-10-20/h3-8,20H,9-10H2,1-2H3,(H,18,21). The van der Waals surface area contributed by atoms with Gasteiger partial charge in [0.15, 0.2) is 5.82 Å². The van der Waals surface area contributed by atoms with Gasteiger partial charge < -0.3 is 15.3 Å². The lowest BCUT2D eigenvalue weighted by atomic mass is 10.2. The highest BCUT2D eigenvalue weighted by atomic mass is 16.3. The Morgan fingerprint density at radius 3 is 2.62 bits per heavy atom. The minimum atomic E-state index is -0.261. The van der Waals surface area contributed by atoms with Crippen LogP contribution in [0.4, 0.5) is 10.5 Å². The van der Waals surface area contributed by atoms with Gasteiger partial charge >= 0.3 is 6.03 Å². The van der Waals surface area contributed by atoms with E-state index in [4.69, 9.17) is 5.11 Å². The second-order valence-electron chi connectivity index (χ2n) is 4.67. The first-order chi connectivity index (χ1) is 10.1. The van der Waals surface area contributed by atoms with Gasteiger partial charge in [-0.3, -0.25) is 0 Å². The van der Waals surface area contributed by atoms with Crippen molar-refractivity contribution >= 4 is 11.7 Å². The smallest absolute Gasteiger partial charge is 0.321 e. The zero-order valence-electron chi connectivity index (χ0n) is 12.1. The molecule has 110 valence electrons. The molecule has 1 aromatic heterocycles. The normalized spacial score (nSPS) is 10.2. The van der Waals surface area contributed by atoms with Crippen molar-refractivity contribution in [3.05, 3.63) is 42.2 Å². The number of hydrogen-bond donors (Lipinski definition) is 2. The number of carbonyl (C=O) groups excluding carboxylic acids is 1. The van der Waals surface area contributed by atoms with Gasteiger partial charge in [0.25, 0.3) is 0 Å². The zero-order valence-corrected chi connectivity index (χ0v) is 12.1. The first-order valence-electron chi connectivity index (χ1n) is 6.63. The van der Waals surface area contributed by atoms with Crippen LogP contribution in [0.2, 0.25) is 0 Å². The van der Waals surface area contributed by atoms with Gasteiger partial charge in [-0.25, -0.2) is 14.8 Å². The van der Waals surface area contributed by atoms with Gasteiger partial charge in [0.1, 0.15) is 0 Å². The van der Waals surface area contributed by atoms with Crippen molar-refractivity contribution in [2.24, 2.45) is 0 Å². The molecule has 0 saturated carbocycles. The van der Waals surface area contributed by atoms with Gasteiger partial charge in [0.2, 0.25) is 0 Å². The Kier molecular flexibility index (Phi) is 4.84. The Morgan fingerprint density at radius 2 is 2.00 bits per heavy atom. The highest BCUT2D eigenvalue weighted by molar-refractivity contribution is 5.89. The van der Waals surface area contributed by atoms with Gasteiger partial charge in [-0.2, -0.15) is 0 Å². The molecular weight excluding hydrogens is 268 g/mol. The van der Waals surface area contributed by atoms with Gasteiger partial charge in [-0.1, -0.05) is 0 Å². The van der Waals surface area contributed by atoms with E-state index in [1.165, 1.54) is 4.90 Å². The summed E-state index contributed by atoms with van der Waals surface area (Å²) in [4.78, 5) is 21.8. The number of amides is 2. The lowest BCUT2D eigenvalue weighted by molar-refractivity contribution is 0.202. The van der Waals surface area contributed by atoms with E-state index in [-0.39, 0.29) is 12.6 Å². The van der Waals surface area contributed by atoms with Crippen molar-refractivity contribution in [2.75, 3.05) is 25.5 Å². The summed E-state index contributed by atoms with van der Waals surface area (Å²) in [6.45, 7) is 2.14. The summed E-state index contributed by atoms with van der Waals surface area (Å²) in [7, 11) is 1.63. The van der Waals surface area contributed by atoms with E-state index in [1.807, 2.05) is 25.1 Å². The molecule has 2 amide bonds. The van der Waals surface area contributed by atoms with Crippen LogP contribution in [0.25, 0.3) is 11.4 Å². The molecule has 21 heavy (non-hydrogen) atoms. The van der Waals surface area contributed by atoms with Crippen LogP contribution in [0.5, 0.6) is 0 Å². The van der Waals surface area contributed by atoms with Crippen LogP contribution in [0, 0.1) is 6.92 Å². The van der Waals surface area contributed by atoms with Gasteiger partial charge in [-0.05, 0) is 37.3 Å². The van der Waals surface area contributed by atoms with Crippen molar-refractivity contribution in [3.63, 3.8) is 0 Å². The predicted molar refractivity (Wildman–Crippen MR) is 80.9 cm³/mol. The maximum absolute atomic E-state index is 11.8. The van der Waals surface area contributed by atoms with Crippen LogP contribution in [0.1, 0.15) is 5.69 Å². The number of aliphatic hydroxyl groups is 1. The highest BCUT2D eigenvalue weighted by Crippen LogP contribution is 2.18. The van der Waals surface area contributed by atoms with E-state index < -0.39 is 0 Å². The minimum absolute atomic E-state index is 0.0619. The van der Waals surface area contributed by atoms with Gasteiger partial charge in [-0.15, -0.1) is 0 Å². The average molecular weight is 286 g/mol. The number of likely N-dealkylation sites (N-methyl/N-ethyl adjacent to an activating group) is 1. The van der Waals surface area contributed by atoms with Crippen molar-refractivity contribution in [3.8, 4) is 11.4 Å². The molecule has 0 bridgehead atoms. The van der Waals surface area contributed by atoms with E-state index in [2.05, 4.69) is 15.3 Å². The first-order valence-corrected chi connectivity index (χ1v) is 6.63. The predicted octanol–water partition coefficient (Wildman–Crippen LogP) is 1.91. The topological polar surface area (TPSA) is 78.4 Å². The first kappa shape index (κ1) is 14.9. The maximum Gasteiger partial charge on any atom is 0.321 e. The second-order valence-corrected chi connectivity index (χ2v) is 4.67. The molecule has 0 aliphatic carbocycles. The summed E-state index contributed by atoms with van der Waals surface area (Å²) in [5.74, 6) is 0.658. The van der Waals surface area contributed by atoms with E-state index in [0.717, 1.165) is 11.3 Å². The molecule has 2 N–H and O–H groups in total. The molecule has 0 fully saturated rings. The zero-order chi connectivity index (χ0) is 15.2. The lowest BCUT2D eigenvalue weighted by Crippen LogP contribution is -2.33. The molecule has 0 aliphatic heterocycles. The minimum Gasteiger partial charge on any atom is -0.395 e. The van der Waals surface area contributed by atoms with E-state index in [0.29, 0.717) is 18.1 Å². The summed E-state index contributed by atoms with van der Waals surface area (Å²) in [6.07, 6.45) is 1.72. The number of nitrogens with zero attached hydrogens (tertiary/aromatic N) is 3. The molecule has 6 nitrogen and oxygen atoms in total. The van der Waals surface area contributed by atoms with E-state index >= 15 is 0 Å². The number of aryl methyl sites for hydroxylation is 1. The fraction of sp³-hybridized carbons (Fsp3) is 0.267. The van der Waals surface area contributed by atoms with Crippen LogP contribution < -0.4 is 5.32 Å². The number of carbonyl (C=O) groups is 1. The van der Waals surface area contributed by atoms with E-state index in [1.54, 1.807) is 25.4 Å². The second kappa shape index (κ2) is 6.81. The summed E-state index contributed by atoms with van der Waals surface area (Å²) < 4.78 is 0. The lowest BCUT2D eigenvalue weighted by Gasteiger charge is -2.16. The largest absolute Gasteiger partial charge is 0.395 e. The third-order valence-corrected chi connectivity index (χ3v) is 2.97. The number of urea groups is 1. The molecule has 2 rings (SSSR count). The van der Waals surface area contributed by atoms with Crippen molar-refractivity contribution < 1.29 is 9.90 Å². The van der Waals surface area contributed by atoms with Crippen molar-refractivity contribution in [2.45, 2.75) is 6.92 Å². The number of anilines is 1. The van der Waals surface area contributed by atoms with Crippen LogP contribution >= 0.6 is 0 Å². The highest BCUT2D eigenvalue weighted by Gasteiger charge is 2.08. The SMILES string of the molecule is Cc1ccnc(-c2ccc(NC(=O)N(C)CCO)cc2)n1. The summed E-state index contributed by atoms with van der Waals surface area (Å²) in [5.41, 5.74) is 2.48. The van der Waals surface area contributed by atoms with Crippen LogP contribution in [0.3, 0.4) is 0 Å². The third-order valence-electron chi connectivity index (χ3n) is 2.97. The fourth-order valence-electron chi connectivity index (χ4n) is 1.76. The molecule has 1 aromatic carbocycles. The fourth-order valence-corrected chi connectivity index (χ4v) is 1.76. The summed E-state index contributed by atoms with van der Waals surface area (Å²) in [6, 6.07) is 8.89. The molecule has 0 aliphatic rings.